The summed E-state index contributed by atoms with van der Waals surface area (Å²) in [6, 6.07) is 14.3. The molecule has 3 rings (SSSR count). The number of rotatable bonds is 17. The van der Waals surface area contributed by atoms with Crippen LogP contribution < -0.4 is 9.47 Å². The predicted molar refractivity (Wildman–Crippen MR) is 156 cm³/mol. The molecule has 7 heteroatoms. The average molecular weight is 553 g/mol. The van der Waals surface area contributed by atoms with E-state index < -0.39 is 17.8 Å². The fourth-order valence-electron chi connectivity index (χ4n) is 4.28. The molecule has 0 radical (unpaired) electrons. The smallest absolute Gasteiger partial charge is 0.348 e. The Kier molecular flexibility index (Phi) is 12.5. The molecule has 0 aliphatic carbocycles. The summed E-state index contributed by atoms with van der Waals surface area (Å²) in [5.74, 6) is 0.686. The summed E-state index contributed by atoms with van der Waals surface area (Å²) in [7, 11) is 0. The zero-order valence-electron chi connectivity index (χ0n) is 24.0. The molecule has 40 heavy (non-hydrogen) atoms. The molecule has 3 aromatic rings. The van der Waals surface area contributed by atoms with Gasteiger partial charge in [0.2, 0.25) is 5.67 Å². The van der Waals surface area contributed by atoms with E-state index in [1.165, 1.54) is 26.2 Å². The van der Waals surface area contributed by atoms with Crippen LogP contribution in [-0.2, 0) is 4.79 Å². The molecular weight excluding hydrogens is 510 g/mol. The lowest BCUT2D eigenvalue weighted by Crippen LogP contribution is -2.34. The molecule has 2 aromatic carbocycles. The Bertz CT molecular complexity index is 1150. The van der Waals surface area contributed by atoms with Gasteiger partial charge in [-0.3, -0.25) is 0 Å². The van der Waals surface area contributed by atoms with E-state index in [0.29, 0.717) is 43.2 Å². The van der Waals surface area contributed by atoms with Crippen LogP contribution >= 0.6 is 0 Å². The van der Waals surface area contributed by atoms with Gasteiger partial charge >= 0.3 is 5.97 Å². The number of halogens is 2. The van der Waals surface area contributed by atoms with Crippen LogP contribution in [0.25, 0.3) is 22.5 Å². The Morgan fingerprint density at radius 1 is 0.825 bits per heavy atom. The van der Waals surface area contributed by atoms with Gasteiger partial charge in [0, 0.05) is 29.9 Å². The number of carbonyl (C=O) groups excluding carboxylic acids is 1. The molecule has 5 nitrogen and oxygen atoms in total. The van der Waals surface area contributed by atoms with E-state index in [-0.39, 0.29) is 6.42 Å². The van der Waals surface area contributed by atoms with Crippen molar-refractivity contribution in [2.24, 2.45) is 0 Å². The lowest BCUT2D eigenvalue weighted by molar-refractivity contribution is -0.147. The second-order valence-corrected chi connectivity index (χ2v) is 10.4. The molecule has 0 amide bonds. The van der Waals surface area contributed by atoms with Crippen molar-refractivity contribution in [1.29, 1.82) is 0 Å². The van der Waals surface area contributed by atoms with Gasteiger partial charge in [-0.15, -0.1) is 0 Å². The number of unbranched alkanes of at least 4 members (excludes halogenated alkanes) is 6. The minimum atomic E-state index is -2.01. The maximum atomic E-state index is 14.9. The number of aromatic nitrogens is 2. The van der Waals surface area contributed by atoms with E-state index in [4.69, 9.17) is 9.47 Å². The molecule has 2 atom stereocenters. The Morgan fingerprint density at radius 3 is 2.02 bits per heavy atom. The molecule has 1 aromatic heterocycles. The first-order valence-electron chi connectivity index (χ1n) is 14.5. The maximum Gasteiger partial charge on any atom is 0.348 e. The first-order valence-corrected chi connectivity index (χ1v) is 14.5. The third kappa shape index (κ3) is 10.00. The van der Waals surface area contributed by atoms with E-state index in [1.807, 2.05) is 31.2 Å². The van der Waals surface area contributed by atoms with Crippen LogP contribution in [0, 0.1) is 0 Å². The minimum absolute atomic E-state index is 0.162. The van der Waals surface area contributed by atoms with E-state index >= 15 is 0 Å². The van der Waals surface area contributed by atoms with Gasteiger partial charge < -0.3 is 9.47 Å². The molecule has 0 fully saturated rings. The Hall–Kier alpha value is -3.35. The summed E-state index contributed by atoms with van der Waals surface area (Å²) in [6.45, 7) is 5.63. The summed E-state index contributed by atoms with van der Waals surface area (Å²) in [4.78, 5) is 21.4. The van der Waals surface area contributed by atoms with Crippen molar-refractivity contribution in [3.05, 3.63) is 60.9 Å². The second-order valence-electron chi connectivity index (χ2n) is 10.4. The highest BCUT2D eigenvalue weighted by atomic mass is 19.1. The van der Waals surface area contributed by atoms with Crippen LogP contribution in [0.2, 0.25) is 0 Å². The number of hydrogen-bond donors (Lipinski definition) is 0. The summed E-state index contributed by atoms with van der Waals surface area (Å²) in [5, 5.41) is 0. The fraction of sp³-hybridized carbons (Fsp3) is 0.485. The maximum absolute atomic E-state index is 14.9. The van der Waals surface area contributed by atoms with Crippen LogP contribution in [0.4, 0.5) is 8.78 Å². The highest BCUT2D eigenvalue weighted by molar-refractivity contribution is 5.81. The van der Waals surface area contributed by atoms with E-state index in [0.717, 1.165) is 36.0 Å². The van der Waals surface area contributed by atoms with Gasteiger partial charge in [0.1, 0.15) is 17.7 Å². The standard InChI is InChI=1S/C33H42F2N2O3/c1-4-6-7-8-9-10-11-21-33(3,35)32(38)40-30-18-12-25(13-19-30)27-23-36-31(37-24-27)26-14-16-29(17-15-26)39-22-20-28(34)5-2/h12-19,23-24,28H,4-11,20-22H2,1-3H3/t28-,33-/m0/s1. The predicted octanol–water partition coefficient (Wildman–Crippen LogP) is 9.10. The van der Waals surface area contributed by atoms with Crippen LogP contribution in [0.15, 0.2) is 60.9 Å². The SMILES string of the molecule is CCCCCCCCC[C@](C)(F)C(=O)Oc1ccc(-c2cnc(-c3ccc(OCC[C@@H](F)CC)cc3)nc2)cc1. The third-order valence-corrected chi connectivity index (χ3v) is 6.98. The molecular formula is C33H42F2N2O3. The van der Waals surface area contributed by atoms with E-state index in [2.05, 4.69) is 16.9 Å². The van der Waals surface area contributed by atoms with Crippen molar-refractivity contribution in [1.82, 2.24) is 9.97 Å². The van der Waals surface area contributed by atoms with Gasteiger partial charge in [0.05, 0.1) is 6.61 Å². The Balaban J connectivity index is 1.49. The number of benzene rings is 2. The minimum Gasteiger partial charge on any atom is -0.493 e. The van der Waals surface area contributed by atoms with Crippen molar-refractivity contribution in [2.45, 2.75) is 96.8 Å². The third-order valence-electron chi connectivity index (χ3n) is 6.98. The molecule has 216 valence electrons. The van der Waals surface area contributed by atoms with Gasteiger partial charge in [-0.25, -0.2) is 23.5 Å². The molecule has 0 spiro atoms. The number of hydrogen-bond acceptors (Lipinski definition) is 5. The summed E-state index contributed by atoms with van der Waals surface area (Å²) >= 11 is 0. The van der Waals surface area contributed by atoms with Gasteiger partial charge in [-0.2, -0.15) is 0 Å². The number of esters is 1. The first kappa shape index (κ1) is 31.2. The monoisotopic (exact) mass is 552 g/mol. The fourth-order valence-corrected chi connectivity index (χ4v) is 4.28. The highest BCUT2D eigenvalue weighted by Crippen LogP contribution is 2.27. The molecule has 0 saturated heterocycles. The van der Waals surface area contributed by atoms with Gasteiger partial charge in [-0.05, 0) is 68.1 Å². The van der Waals surface area contributed by atoms with Crippen LogP contribution in [0.5, 0.6) is 11.5 Å². The number of alkyl halides is 2. The van der Waals surface area contributed by atoms with Crippen molar-refractivity contribution < 1.29 is 23.0 Å². The molecule has 0 N–H and O–H groups in total. The summed E-state index contributed by atoms with van der Waals surface area (Å²) < 4.78 is 39.2. The lowest BCUT2D eigenvalue weighted by Gasteiger charge is -2.18. The zero-order chi connectivity index (χ0) is 28.8. The highest BCUT2D eigenvalue weighted by Gasteiger charge is 2.34. The van der Waals surface area contributed by atoms with Crippen LogP contribution in [0.1, 0.15) is 85.0 Å². The zero-order valence-corrected chi connectivity index (χ0v) is 24.0. The average Bonchev–Trinajstić information content (AvgIpc) is 2.97. The van der Waals surface area contributed by atoms with Crippen molar-refractivity contribution in [2.75, 3.05) is 6.61 Å². The molecule has 0 bridgehead atoms. The van der Waals surface area contributed by atoms with Gasteiger partial charge in [-0.1, -0.05) is 64.5 Å². The van der Waals surface area contributed by atoms with Gasteiger partial charge in [0.25, 0.3) is 0 Å². The van der Waals surface area contributed by atoms with Crippen molar-refractivity contribution in [3.63, 3.8) is 0 Å². The number of ether oxygens (including phenoxy) is 2. The Labute approximate surface area is 237 Å². The first-order chi connectivity index (χ1) is 19.3. The normalized spacial score (nSPS) is 13.4. The van der Waals surface area contributed by atoms with E-state index in [1.54, 1.807) is 36.7 Å². The topological polar surface area (TPSA) is 61.3 Å². The van der Waals surface area contributed by atoms with E-state index in [9.17, 15) is 13.6 Å². The summed E-state index contributed by atoms with van der Waals surface area (Å²) in [5.41, 5.74) is 0.471. The van der Waals surface area contributed by atoms with Gasteiger partial charge in [0.15, 0.2) is 5.82 Å². The molecule has 0 unspecified atom stereocenters. The second kappa shape index (κ2) is 16.0. The largest absolute Gasteiger partial charge is 0.493 e. The number of carbonyl (C=O) groups is 1. The quantitative estimate of drug-likeness (QED) is 0.0949. The molecule has 0 aliphatic rings. The molecule has 0 aliphatic heterocycles. The van der Waals surface area contributed by atoms with Crippen molar-refractivity contribution >= 4 is 5.97 Å². The summed E-state index contributed by atoms with van der Waals surface area (Å²) in [6.07, 6.45) is 11.1. The van der Waals surface area contributed by atoms with Crippen molar-refractivity contribution in [3.8, 4) is 34.0 Å². The van der Waals surface area contributed by atoms with Crippen LogP contribution in [0.3, 0.4) is 0 Å². The lowest BCUT2D eigenvalue weighted by atomic mass is 9.99. The molecule has 0 saturated carbocycles. The number of nitrogens with zero attached hydrogens (tertiary/aromatic N) is 2. The molecule has 1 heterocycles. The van der Waals surface area contributed by atoms with Crippen LogP contribution in [-0.4, -0.2) is 34.4 Å². The Morgan fingerprint density at radius 2 is 1.40 bits per heavy atom.